The van der Waals surface area contributed by atoms with Crippen molar-refractivity contribution in [2.45, 2.75) is 44.4 Å². The van der Waals surface area contributed by atoms with Gasteiger partial charge in [0.15, 0.2) is 0 Å². The molecule has 1 aliphatic heterocycles. The molecule has 1 saturated heterocycles. The zero-order valence-electron chi connectivity index (χ0n) is 15.0. The molecule has 1 amide bonds. The number of rotatable bonds is 5. The van der Waals surface area contributed by atoms with Gasteiger partial charge in [0.25, 0.3) is 0 Å². The summed E-state index contributed by atoms with van der Waals surface area (Å²) in [5, 5.41) is 9.35. The Hall–Kier alpha value is -1.87. The Morgan fingerprint density at radius 2 is 1.73 bits per heavy atom. The second-order valence-electron chi connectivity index (χ2n) is 7.01. The minimum absolute atomic E-state index is 0.0721. The zero-order valence-corrected chi connectivity index (χ0v) is 15.8. The highest BCUT2D eigenvalue weighted by atomic mass is 32.2. The van der Waals surface area contributed by atoms with Crippen LogP contribution < -0.4 is 0 Å². The number of carbonyl (C=O) groups excluding carboxylic acids is 1. The highest BCUT2D eigenvalue weighted by molar-refractivity contribution is 7.89. The molecule has 26 heavy (non-hydrogen) atoms. The summed E-state index contributed by atoms with van der Waals surface area (Å²) in [5.41, 5.74) is -0.314. The van der Waals surface area contributed by atoms with Crippen LogP contribution in [0.4, 0.5) is 0 Å². The smallest absolute Gasteiger partial charge is 0.340 e. The maximum Gasteiger partial charge on any atom is 0.340 e. The second kappa shape index (κ2) is 7.03. The average Bonchev–Trinajstić information content (AvgIpc) is 2.86. The fourth-order valence-corrected chi connectivity index (χ4v) is 5.40. The normalized spacial score (nSPS) is 19.4. The number of carboxylic acids is 1. The number of hydrogen-bond acceptors (Lipinski definition) is 5. The van der Waals surface area contributed by atoms with Gasteiger partial charge in [-0.25, -0.2) is 13.2 Å². The fraction of sp³-hybridized carbons (Fsp3) is 0.647. The molecule has 0 bridgehead atoms. The lowest BCUT2D eigenvalue weighted by molar-refractivity contribution is -0.134. The molecule has 144 valence electrons. The molecule has 0 spiro atoms. The topological polar surface area (TPSA) is 108 Å². The van der Waals surface area contributed by atoms with Crippen molar-refractivity contribution >= 4 is 21.9 Å². The first-order valence-corrected chi connectivity index (χ1v) is 10.3. The molecule has 0 atom stereocenters. The van der Waals surface area contributed by atoms with Gasteiger partial charge in [0.2, 0.25) is 15.9 Å². The minimum Gasteiger partial charge on any atom is -0.478 e. The Morgan fingerprint density at radius 1 is 1.12 bits per heavy atom. The van der Waals surface area contributed by atoms with Crippen LogP contribution in [0.1, 0.15) is 47.6 Å². The van der Waals surface area contributed by atoms with Gasteiger partial charge in [-0.05, 0) is 32.6 Å². The van der Waals surface area contributed by atoms with Crippen molar-refractivity contribution in [1.29, 1.82) is 0 Å². The molecule has 1 aromatic rings. The van der Waals surface area contributed by atoms with E-state index in [9.17, 15) is 23.1 Å². The van der Waals surface area contributed by atoms with Crippen LogP contribution in [-0.4, -0.2) is 60.8 Å². The van der Waals surface area contributed by atoms with Crippen LogP contribution in [0.3, 0.4) is 0 Å². The number of aromatic carboxylic acids is 1. The van der Waals surface area contributed by atoms with E-state index in [-0.39, 0.29) is 41.0 Å². The van der Waals surface area contributed by atoms with Gasteiger partial charge in [-0.3, -0.25) is 4.79 Å². The van der Waals surface area contributed by atoms with Crippen molar-refractivity contribution in [1.82, 2.24) is 9.21 Å². The average molecular weight is 384 g/mol. The minimum atomic E-state index is -3.99. The molecular weight excluding hydrogens is 360 g/mol. The van der Waals surface area contributed by atoms with Crippen molar-refractivity contribution in [3.63, 3.8) is 0 Å². The van der Waals surface area contributed by atoms with E-state index in [0.29, 0.717) is 25.4 Å². The van der Waals surface area contributed by atoms with Crippen molar-refractivity contribution in [2.24, 2.45) is 5.92 Å². The fourth-order valence-electron chi connectivity index (χ4n) is 3.60. The van der Waals surface area contributed by atoms with Crippen LogP contribution in [0.5, 0.6) is 0 Å². The first kappa shape index (κ1) is 18.9. The quantitative estimate of drug-likeness (QED) is 0.826. The van der Waals surface area contributed by atoms with E-state index in [1.807, 2.05) is 0 Å². The molecule has 3 rings (SSSR count). The summed E-state index contributed by atoms with van der Waals surface area (Å²) in [6.07, 6.45) is 3.91. The summed E-state index contributed by atoms with van der Waals surface area (Å²) in [4.78, 5) is 25.2. The number of aryl methyl sites for hydroxylation is 2. The number of piperazine rings is 1. The summed E-state index contributed by atoms with van der Waals surface area (Å²) in [6, 6.07) is 0. The standard InChI is InChI=1S/C17H24N2O6S/c1-11-15(17(21)22)16(12(2)25-11)26(23,24)19-8-6-18(7-9-19)14(20)10-13-4-3-5-13/h13H,3-10H2,1-2H3,(H,21,22). The summed E-state index contributed by atoms with van der Waals surface area (Å²) >= 11 is 0. The number of nitrogens with zero attached hydrogens (tertiary/aromatic N) is 2. The van der Waals surface area contributed by atoms with Crippen LogP contribution >= 0.6 is 0 Å². The Kier molecular flexibility index (Phi) is 5.12. The lowest BCUT2D eigenvalue weighted by Gasteiger charge is -2.35. The number of carbonyl (C=O) groups is 2. The molecule has 0 unspecified atom stereocenters. The SMILES string of the molecule is Cc1oc(C)c(S(=O)(=O)N2CCN(C(=O)CC3CCC3)CC2)c1C(=O)O. The molecule has 8 nitrogen and oxygen atoms in total. The van der Waals surface area contributed by atoms with E-state index in [1.54, 1.807) is 4.90 Å². The van der Waals surface area contributed by atoms with E-state index >= 15 is 0 Å². The number of sulfonamides is 1. The molecule has 2 aliphatic rings. The molecular formula is C17H24N2O6S. The summed E-state index contributed by atoms with van der Waals surface area (Å²) in [7, 11) is -3.99. The van der Waals surface area contributed by atoms with Crippen molar-refractivity contribution in [3.05, 3.63) is 17.1 Å². The highest BCUT2D eigenvalue weighted by Gasteiger charge is 2.37. The van der Waals surface area contributed by atoms with Crippen LogP contribution in [0.25, 0.3) is 0 Å². The van der Waals surface area contributed by atoms with E-state index in [1.165, 1.54) is 24.6 Å². The zero-order chi connectivity index (χ0) is 19.1. The Morgan fingerprint density at radius 3 is 2.23 bits per heavy atom. The van der Waals surface area contributed by atoms with Gasteiger partial charge < -0.3 is 14.4 Å². The van der Waals surface area contributed by atoms with Crippen molar-refractivity contribution in [2.75, 3.05) is 26.2 Å². The molecule has 2 fully saturated rings. The third kappa shape index (κ3) is 3.37. The molecule has 1 N–H and O–H groups in total. The predicted molar refractivity (Wildman–Crippen MR) is 92.4 cm³/mol. The van der Waals surface area contributed by atoms with Gasteiger partial charge in [0.05, 0.1) is 0 Å². The van der Waals surface area contributed by atoms with Crippen molar-refractivity contribution in [3.8, 4) is 0 Å². The summed E-state index contributed by atoms with van der Waals surface area (Å²) < 4.78 is 32.4. The number of hydrogen-bond donors (Lipinski definition) is 1. The van der Waals surface area contributed by atoms with E-state index < -0.39 is 16.0 Å². The molecule has 1 saturated carbocycles. The predicted octanol–water partition coefficient (Wildman–Crippen LogP) is 1.62. The van der Waals surface area contributed by atoms with Gasteiger partial charge in [0, 0.05) is 32.6 Å². The number of carboxylic acid groups (broad SMARTS) is 1. The van der Waals surface area contributed by atoms with E-state index in [0.717, 1.165) is 12.8 Å². The van der Waals surface area contributed by atoms with Gasteiger partial charge >= 0.3 is 5.97 Å². The maximum atomic E-state index is 13.0. The first-order valence-electron chi connectivity index (χ1n) is 8.83. The highest BCUT2D eigenvalue weighted by Crippen LogP contribution is 2.31. The lowest BCUT2D eigenvalue weighted by Crippen LogP contribution is -2.51. The van der Waals surface area contributed by atoms with Gasteiger partial charge in [-0.15, -0.1) is 0 Å². The van der Waals surface area contributed by atoms with E-state index in [2.05, 4.69) is 0 Å². The molecule has 1 aromatic heterocycles. The van der Waals surface area contributed by atoms with Crippen LogP contribution in [0, 0.1) is 19.8 Å². The van der Waals surface area contributed by atoms with Gasteiger partial charge in [-0.2, -0.15) is 4.31 Å². The Bertz CT molecular complexity index is 817. The van der Waals surface area contributed by atoms with E-state index in [4.69, 9.17) is 4.42 Å². The largest absolute Gasteiger partial charge is 0.478 e. The third-order valence-corrected chi connectivity index (χ3v) is 7.35. The monoisotopic (exact) mass is 384 g/mol. The summed E-state index contributed by atoms with van der Waals surface area (Å²) in [5.74, 6) is -0.634. The Balaban J connectivity index is 1.72. The van der Waals surface area contributed by atoms with Gasteiger partial charge in [-0.1, -0.05) is 6.42 Å². The molecule has 2 heterocycles. The van der Waals surface area contributed by atoms with Crippen LogP contribution in [0.2, 0.25) is 0 Å². The van der Waals surface area contributed by atoms with Crippen LogP contribution in [-0.2, 0) is 14.8 Å². The van der Waals surface area contributed by atoms with Crippen molar-refractivity contribution < 1.29 is 27.5 Å². The number of amides is 1. The first-order chi connectivity index (χ1) is 12.2. The molecule has 9 heteroatoms. The van der Waals surface area contributed by atoms with Gasteiger partial charge in [0.1, 0.15) is 22.0 Å². The maximum absolute atomic E-state index is 13.0. The number of furan rings is 1. The molecule has 0 radical (unpaired) electrons. The third-order valence-electron chi connectivity index (χ3n) is 5.30. The Labute approximate surface area is 152 Å². The second-order valence-corrected chi connectivity index (χ2v) is 8.88. The molecule has 1 aliphatic carbocycles. The lowest BCUT2D eigenvalue weighted by atomic mass is 9.82. The summed E-state index contributed by atoms with van der Waals surface area (Å²) in [6.45, 7) is 3.84. The molecule has 0 aromatic carbocycles. The van der Waals surface area contributed by atoms with Crippen LogP contribution in [0.15, 0.2) is 9.31 Å².